The average Bonchev–Trinajstić information content (AvgIpc) is 3.59. The zero-order valence-electron chi connectivity index (χ0n) is 21.1. The molecule has 1 aliphatic carbocycles. The molecule has 1 aliphatic heterocycles. The first-order valence-electron chi connectivity index (χ1n) is 13.2. The summed E-state index contributed by atoms with van der Waals surface area (Å²) in [6, 6.07) is 11.2. The van der Waals surface area contributed by atoms with E-state index in [0.717, 1.165) is 65.0 Å². The lowest BCUT2D eigenvalue weighted by molar-refractivity contribution is -0.139. The van der Waals surface area contributed by atoms with Gasteiger partial charge < -0.3 is 15.5 Å². The molecule has 2 aliphatic rings. The number of aromatic nitrogens is 2. The summed E-state index contributed by atoms with van der Waals surface area (Å²) in [4.78, 5) is 38.5. The maximum absolute atomic E-state index is 14.0. The highest BCUT2D eigenvalue weighted by Crippen LogP contribution is 2.39. The van der Waals surface area contributed by atoms with Gasteiger partial charge in [-0.1, -0.05) is 49.6 Å². The van der Waals surface area contributed by atoms with E-state index in [1.54, 1.807) is 18.4 Å². The molecule has 3 heterocycles. The molecule has 1 aromatic carbocycles. The van der Waals surface area contributed by atoms with E-state index in [1.807, 2.05) is 42.3 Å². The van der Waals surface area contributed by atoms with Crippen molar-refractivity contribution in [2.45, 2.75) is 70.0 Å². The van der Waals surface area contributed by atoms with Gasteiger partial charge in [0.2, 0.25) is 11.8 Å². The van der Waals surface area contributed by atoms with Gasteiger partial charge in [-0.2, -0.15) is 0 Å². The molecule has 2 aromatic heterocycles. The van der Waals surface area contributed by atoms with Gasteiger partial charge in [0, 0.05) is 18.3 Å². The van der Waals surface area contributed by atoms with Crippen molar-refractivity contribution >= 4 is 33.4 Å². The van der Waals surface area contributed by atoms with Crippen molar-refractivity contribution in [1.82, 2.24) is 25.5 Å². The van der Waals surface area contributed by atoms with Crippen LogP contribution in [0.25, 0.3) is 21.5 Å². The second-order valence-electron chi connectivity index (χ2n) is 10.0. The summed E-state index contributed by atoms with van der Waals surface area (Å²) >= 11 is 1.65. The minimum absolute atomic E-state index is 0.0433. The number of carbonyl (C=O) groups is 2. The average molecular weight is 506 g/mol. The van der Waals surface area contributed by atoms with Crippen LogP contribution < -0.4 is 10.6 Å². The van der Waals surface area contributed by atoms with Crippen molar-refractivity contribution in [1.29, 1.82) is 0 Å². The molecule has 7 nitrogen and oxygen atoms in total. The molecule has 0 radical (unpaired) electrons. The SMILES string of the molecule is CN[C@@H](C)C(=O)NC(C(=O)N1CCC[C@H]1c1nc2c(-c3ccccc3)nccc2s1)C1CCCCC1. The number of thiazole rings is 1. The van der Waals surface area contributed by atoms with E-state index < -0.39 is 6.04 Å². The molecular formula is C28H35N5O2S. The Labute approximate surface area is 216 Å². The number of pyridine rings is 1. The normalized spacial score (nSPS) is 20.4. The van der Waals surface area contributed by atoms with Gasteiger partial charge in [0.15, 0.2) is 0 Å². The van der Waals surface area contributed by atoms with E-state index in [9.17, 15) is 9.59 Å². The molecule has 3 atom stereocenters. The summed E-state index contributed by atoms with van der Waals surface area (Å²) in [5.41, 5.74) is 2.81. The molecule has 2 fully saturated rings. The third-order valence-corrected chi connectivity index (χ3v) is 8.83. The lowest BCUT2D eigenvalue weighted by Crippen LogP contribution is -2.55. The van der Waals surface area contributed by atoms with Crippen LogP contribution in [-0.4, -0.2) is 52.4 Å². The number of hydrogen-bond acceptors (Lipinski definition) is 6. The van der Waals surface area contributed by atoms with Crippen molar-refractivity contribution in [3.8, 4) is 11.3 Å². The predicted molar refractivity (Wildman–Crippen MR) is 144 cm³/mol. The first kappa shape index (κ1) is 24.8. The van der Waals surface area contributed by atoms with Gasteiger partial charge in [-0.25, -0.2) is 4.98 Å². The first-order chi connectivity index (χ1) is 17.6. The second kappa shape index (κ2) is 11.0. The van der Waals surface area contributed by atoms with E-state index in [2.05, 4.69) is 27.8 Å². The number of likely N-dealkylation sites (N-methyl/N-ethyl adjacent to an activating group) is 1. The highest BCUT2D eigenvalue weighted by atomic mass is 32.1. The molecule has 3 aromatic rings. The van der Waals surface area contributed by atoms with E-state index >= 15 is 0 Å². The quantitative estimate of drug-likeness (QED) is 0.486. The maximum Gasteiger partial charge on any atom is 0.246 e. The molecule has 0 bridgehead atoms. The molecule has 0 spiro atoms. The van der Waals surface area contributed by atoms with Crippen LogP contribution in [0.15, 0.2) is 42.6 Å². The van der Waals surface area contributed by atoms with Crippen LogP contribution in [0.3, 0.4) is 0 Å². The highest BCUT2D eigenvalue weighted by Gasteiger charge is 2.40. The van der Waals surface area contributed by atoms with E-state index in [1.165, 1.54) is 6.42 Å². The summed E-state index contributed by atoms with van der Waals surface area (Å²) in [7, 11) is 1.77. The summed E-state index contributed by atoms with van der Waals surface area (Å²) in [5, 5.41) is 7.08. The Kier molecular flexibility index (Phi) is 7.62. The zero-order chi connectivity index (χ0) is 25.1. The number of likely N-dealkylation sites (tertiary alicyclic amines) is 1. The van der Waals surface area contributed by atoms with Gasteiger partial charge in [0.05, 0.1) is 22.5 Å². The van der Waals surface area contributed by atoms with Gasteiger partial charge in [0.1, 0.15) is 16.6 Å². The summed E-state index contributed by atoms with van der Waals surface area (Å²) < 4.78 is 1.08. The number of fused-ring (bicyclic) bond motifs is 1. The Morgan fingerprint density at radius 3 is 2.58 bits per heavy atom. The number of rotatable bonds is 7. The number of nitrogens with zero attached hydrogens (tertiary/aromatic N) is 3. The topological polar surface area (TPSA) is 87.2 Å². The molecule has 36 heavy (non-hydrogen) atoms. The molecule has 1 saturated heterocycles. The Balaban J connectivity index is 1.44. The van der Waals surface area contributed by atoms with E-state index in [0.29, 0.717) is 6.54 Å². The number of benzene rings is 1. The number of carbonyl (C=O) groups excluding carboxylic acids is 2. The van der Waals surface area contributed by atoms with Gasteiger partial charge in [0.25, 0.3) is 0 Å². The lowest BCUT2D eigenvalue weighted by Gasteiger charge is -2.35. The monoisotopic (exact) mass is 505 g/mol. The predicted octanol–water partition coefficient (Wildman–Crippen LogP) is 4.69. The third kappa shape index (κ3) is 5.02. The maximum atomic E-state index is 14.0. The van der Waals surface area contributed by atoms with Crippen molar-refractivity contribution in [2.24, 2.45) is 5.92 Å². The van der Waals surface area contributed by atoms with Crippen LogP contribution >= 0.6 is 11.3 Å². The van der Waals surface area contributed by atoms with Crippen molar-refractivity contribution in [2.75, 3.05) is 13.6 Å². The zero-order valence-corrected chi connectivity index (χ0v) is 21.9. The molecule has 5 rings (SSSR count). The number of hydrogen-bond donors (Lipinski definition) is 2. The summed E-state index contributed by atoms with van der Waals surface area (Å²) in [6.45, 7) is 2.53. The molecule has 1 saturated carbocycles. The fourth-order valence-electron chi connectivity index (χ4n) is 5.55. The highest BCUT2D eigenvalue weighted by molar-refractivity contribution is 7.18. The number of amides is 2. The van der Waals surface area contributed by atoms with Crippen molar-refractivity contribution < 1.29 is 9.59 Å². The Bertz CT molecular complexity index is 1210. The van der Waals surface area contributed by atoms with Crippen molar-refractivity contribution in [3.63, 3.8) is 0 Å². The minimum atomic E-state index is -0.481. The molecule has 2 N–H and O–H groups in total. The van der Waals surface area contributed by atoms with Crippen LogP contribution in [0.4, 0.5) is 0 Å². The Morgan fingerprint density at radius 2 is 1.83 bits per heavy atom. The van der Waals surface area contributed by atoms with Crippen LogP contribution in [-0.2, 0) is 9.59 Å². The van der Waals surface area contributed by atoms with Gasteiger partial charge in [-0.05, 0) is 51.6 Å². The molecule has 8 heteroatoms. The first-order valence-corrected chi connectivity index (χ1v) is 14.0. The van der Waals surface area contributed by atoms with Crippen molar-refractivity contribution in [3.05, 3.63) is 47.6 Å². The molecular weight excluding hydrogens is 470 g/mol. The summed E-state index contributed by atoms with van der Waals surface area (Å²) in [6.07, 6.45) is 9.06. The van der Waals surface area contributed by atoms with Crippen LogP contribution in [0, 0.1) is 5.92 Å². The van der Waals surface area contributed by atoms with Crippen LogP contribution in [0.5, 0.6) is 0 Å². The Hall–Kier alpha value is -2.84. The number of nitrogens with one attached hydrogen (secondary N) is 2. The third-order valence-electron chi connectivity index (χ3n) is 7.70. The Morgan fingerprint density at radius 1 is 1.06 bits per heavy atom. The van der Waals surface area contributed by atoms with Crippen LogP contribution in [0.2, 0.25) is 0 Å². The lowest BCUT2D eigenvalue weighted by atomic mass is 9.83. The molecule has 1 unspecified atom stereocenters. The largest absolute Gasteiger partial charge is 0.343 e. The second-order valence-corrected chi connectivity index (χ2v) is 11.1. The van der Waals surface area contributed by atoms with E-state index in [4.69, 9.17) is 4.98 Å². The fourth-order valence-corrected chi connectivity index (χ4v) is 6.66. The van der Waals surface area contributed by atoms with Gasteiger partial charge in [-0.3, -0.25) is 14.6 Å². The van der Waals surface area contributed by atoms with Crippen LogP contribution in [0.1, 0.15) is 62.9 Å². The minimum Gasteiger partial charge on any atom is -0.343 e. The smallest absolute Gasteiger partial charge is 0.246 e. The fraction of sp³-hybridized carbons (Fsp3) is 0.500. The molecule has 190 valence electrons. The standard InChI is InChI=1S/C28H35N5O2S/c1-18(29-2)26(34)31-24(20-12-7-4-8-13-20)28(35)33-17-9-14-21(33)27-32-25-22(36-27)15-16-30-23(25)19-10-5-3-6-11-19/h3,5-6,10-11,15-16,18,20-21,24,29H,4,7-9,12-14,17H2,1-2H3,(H,31,34)/t18-,21-,24?/m0/s1. The summed E-state index contributed by atoms with van der Waals surface area (Å²) in [5.74, 6) is 0.113. The molecule has 2 amide bonds. The van der Waals surface area contributed by atoms with Gasteiger partial charge >= 0.3 is 0 Å². The van der Waals surface area contributed by atoms with E-state index in [-0.39, 0.29) is 29.8 Å². The van der Waals surface area contributed by atoms with Gasteiger partial charge in [-0.15, -0.1) is 11.3 Å².